The van der Waals surface area contributed by atoms with E-state index in [4.69, 9.17) is 37.4 Å². The summed E-state index contributed by atoms with van der Waals surface area (Å²) in [5.74, 6) is -0.995. The van der Waals surface area contributed by atoms with Crippen molar-refractivity contribution < 1.29 is 19.0 Å². The van der Waals surface area contributed by atoms with Gasteiger partial charge in [0.15, 0.2) is 5.79 Å². The maximum absolute atomic E-state index is 12.7. The van der Waals surface area contributed by atoms with Crippen molar-refractivity contribution in [3.8, 4) is 11.1 Å². The van der Waals surface area contributed by atoms with Crippen LogP contribution in [0, 0.1) is 5.41 Å². The van der Waals surface area contributed by atoms with E-state index in [-0.39, 0.29) is 11.4 Å². The number of methoxy groups -OCH3 is 1. The molecule has 2 aliphatic rings. The highest BCUT2D eigenvalue weighted by atomic mass is 35.5. The van der Waals surface area contributed by atoms with E-state index in [0.717, 1.165) is 27.1 Å². The summed E-state index contributed by atoms with van der Waals surface area (Å²) < 4.78 is 17.7. The first-order chi connectivity index (χ1) is 14.7. The minimum atomic E-state index is -0.679. The van der Waals surface area contributed by atoms with E-state index < -0.39 is 5.79 Å². The molecule has 0 amide bonds. The van der Waals surface area contributed by atoms with Crippen LogP contribution in [-0.4, -0.2) is 38.3 Å². The minimum absolute atomic E-state index is 0.0159. The molecule has 1 spiro atoms. The van der Waals surface area contributed by atoms with Crippen LogP contribution >= 0.6 is 35.0 Å². The van der Waals surface area contributed by atoms with Crippen molar-refractivity contribution in [2.75, 3.05) is 26.6 Å². The van der Waals surface area contributed by atoms with E-state index in [1.54, 1.807) is 6.07 Å². The summed E-state index contributed by atoms with van der Waals surface area (Å²) in [5, 5.41) is 1.00. The minimum Gasteiger partial charge on any atom is -0.465 e. The molecule has 1 aliphatic carbocycles. The second-order valence-corrected chi connectivity index (χ2v) is 10.6. The molecule has 1 heterocycles. The fourth-order valence-corrected chi connectivity index (χ4v) is 5.24. The van der Waals surface area contributed by atoms with E-state index in [9.17, 15) is 4.79 Å². The number of ether oxygens (including phenoxy) is 3. The summed E-state index contributed by atoms with van der Waals surface area (Å²) >= 11 is 14.0. The average molecular weight is 481 g/mol. The SMILES string of the molecule is COC(=O)c1c(SC)cc(-c2ccc(Cl)c(Cl)c2)c2c1CCC1(C2)OCC(C)(C)CO1. The smallest absolute Gasteiger partial charge is 0.339 e. The zero-order valence-corrected chi connectivity index (χ0v) is 20.5. The van der Waals surface area contributed by atoms with Crippen LogP contribution in [0.2, 0.25) is 10.0 Å². The summed E-state index contributed by atoms with van der Waals surface area (Å²) in [6.07, 6.45) is 3.89. The molecule has 7 heteroatoms. The van der Waals surface area contributed by atoms with Gasteiger partial charge in [-0.1, -0.05) is 43.1 Å². The molecule has 1 saturated heterocycles. The number of carbonyl (C=O) groups excluding carboxylic acids is 1. The highest BCUT2D eigenvalue weighted by Crippen LogP contribution is 2.45. The maximum Gasteiger partial charge on any atom is 0.339 e. The monoisotopic (exact) mass is 480 g/mol. The molecule has 1 aliphatic heterocycles. The van der Waals surface area contributed by atoms with Crippen molar-refractivity contribution in [2.45, 2.75) is 43.8 Å². The normalized spacial score (nSPS) is 19.2. The molecular weight excluding hydrogens is 455 g/mol. The summed E-state index contributed by atoms with van der Waals surface area (Å²) in [6.45, 7) is 5.55. The number of rotatable bonds is 3. The lowest BCUT2D eigenvalue weighted by Crippen LogP contribution is -2.50. The lowest BCUT2D eigenvalue weighted by atomic mass is 9.79. The molecule has 0 bridgehead atoms. The van der Waals surface area contributed by atoms with E-state index in [1.807, 2.05) is 24.5 Å². The van der Waals surface area contributed by atoms with Crippen molar-refractivity contribution in [1.82, 2.24) is 0 Å². The molecule has 0 aromatic heterocycles. The third-order valence-electron chi connectivity index (χ3n) is 6.01. The Balaban J connectivity index is 1.88. The summed E-state index contributed by atoms with van der Waals surface area (Å²) in [7, 11) is 1.42. The Labute approximate surface area is 197 Å². The molecule has 31 heavy (non-hydrogen) atoms. The molecule has 1 fully saturated rings. The number of fused-ring (bicyclic) bond motifs is 1. The van der Waals surface area contributed by atoms with Gasteiger partial charge in [0.1, 0.15) is 0 Å². The predicted octanol–water partition coefficient (Wildman–Crippen LogP) is 6.43. The fraction of sp³-hybridized carbons (Fsp3) is 0.458. The van der Waals surface area contributed by atoms with E-state index in [1.165, 1.54) is 18.9 Å². The average Bonchev–Trinajstić information content (AvgIpc) is 2.76. The molecule has 2 aromatic carbocycles. The maximum atomic E-state index is 12.7. The van der Waals surface area contributed by atoms with Crippen molar-refractivity contribution in [3.05, 3.63) is 51.0 Å². The van der Waals surface area contributed by atoms with Gasteiger partial charge >= 0.3 is 5.97 Å². The van der Waals surface area contributed by atoms with E-state index in [2.05, 4.69) is 13.8 Å². The molecule has 2 aromatic rings. The van der Waals surface area contributed by atoms with Gasteiger partial charge in [-0.15, -0.1) is 11.8 Å². The van der Waals surface area contributed by atoms with Crippen LogP contribution in [0.1, 0.15) is 41.8 Å². The number of hydrogen-bond donors (Lipinski definition) is 0. The van der Waals surface area contributed by atoms with Crippen molar-refractivity contribution in [1.29, 1.82) is 0 Å². The van der Waals surface area contributed by atoms with Crippen LogP contribution in [-0.2, 0) is 27.1 Å². The molecule has 166 valence electrons. The zero-order valence-electron chi connectivity index (χ0n) is 18.1. The van der Waals surface area contributed by atoms with E-state index >= 15 is 0 Å². The quantitative estimate of drug-likeness (QED) is 0.374. The fourth-order valence-electron chi connectivity index (χ4n) is 4.30. The van der Waals surface area contributed by atoms with Gasteiger partial charge in [0.05, 0.1) is 35.9 Å². The Hall–Kier alpha value is -1.24. The lowest BCUT2D eigenvalue weighted by Gasteiger charge is -2.46. The van der Waals surface area contributed by atoms with Gasteiger partial charge in [0.2, 0.25) is 0 Å². The predicted molar refractivity (Wildman–Crippen MR) is 125 cm³/mol. The molecule has 0 saturated carbocycles. The van der Waals surface area contributed by atoms with Gasteiger partial charge in [-0.05, 0) is 53.1 Å². The van der Waals surface area contributed by atoms with Gasteiger partial charge in [-0.25, -0.2) is 4.79 Å². The molecule has 0 N–H and O–H groups in total. The number of esters is 1. The lowest BCUT2D eigenvalue weighted by molar-refractivity contribution is -0.302. The van der Waals surface area contributed by atoms with Gasteiger partial charge in [0, 0.05) is 23.2 Å². The molecule has 0 atom stereocenters. The number of carbonyl (C=O) groups is 1. The third kappa shape index (κ3) is 4.36. The van der Waals surface area contributed by atoms with Crippen molar-refractivity contribution in [3.63, 3.8) is 0 Å². The second kappa shape index (κ2) is 8.60. The Morgan fingerprint density at radius 3 is 2.42 bits per heavy atom. The first kappa shape index (κ1) is 22.9. The molecule has 0 unspecified atom stereocenters. The highest BCUT2D eigenvalue weighted by molar-refractivity contribution is 7.98. The summed E-state index contributed by atoms with van der Waals surface area (Å²) in [4.78, 5) is 13.6. The van der Waals surface area contributed by atoms with Gasteiger partial charge in [-0.2, -0.15) is 0 Å². The van der Waals surface area contributed by atoms with Crippen LogP contribution in [0.3, 0.4) is 0 Å². The first-order valence-electron chi connectivity index (χ1n) is 10.2. The van der Waals surface area contributed by atoms with Gasteiger partial charge in [0.25, 0.3) is 0 Å². The second-order valence-electron chi connectivity index (χ2n) is 8.91. The Morgan fingerprint density at radius 2 is 1.81 bits per heavy atom. The Bertz CT molecular complexity index is 1020. The van der Waals surface area contributed by atoms with Crippen LogP contribution in [0.15, 0.2) is 29.2 Å². The topological polar surface area (TPSA) is 44.8 Å². The Morgan fingerprint density at radius 1 is 1.10 bits per heavy atom. The summed E-state index contributed by atoms with van der Waals surface area (Å²) in [6, 6.07) is 7.67. The largest absolute Gasteiger partial charge is 0.465 e. The highest BCUT2D eigenvalue weighted by Gasteiger charge is 2.44. The third-order valence-corrected chi connectivity index (χ3v) is 7.51. The van der Waals surface area contributed by atoms with Crippen LogP contribution < -0.4 is 0 Å². The van der Waals surface area contributed by atoms with Gasteiger partial charge < -0.3 is 14.2 Å². The van der Waals surface area contributed by atoms with Crippen LogP contribution in [0.4, 0.5) is 0 Å². The number of halogens is 2. The standard InChI is InChI=1S/C24H26Cl2O4S/c1-23(2)12-29-24(30-13-23)8-7-15-17(11-24)16(14-5-6-18(25)19(26)9-14)10-20(31-4)21(15)22(27)28-3/h5-6,9-10H,7-8,11-13H2,1-4H3. The number of benzene rings is 2. The van der Waals surface area contributed by atoms with Crippen LogP contribution in [0.25, 0.3) is 11.1 Å². The van der Waals surface area contributed by atoms with Crippen molar-refractivity contribution in [2.24, 2.45) is 5.41 Å². The molecule has 4 rings (SSSR count). The van der Waals surface area contributed by atoms with E-state index in [0.29, 0.717) is 48.1 Å². The first-order valence-corrected chi connectivity index (χ1v) is 12.2. The molecular formula is C24H26Cl2O4S. The summed E-state index contributed by atoms with van der Waals surface area (Å²) in [5.41, 5.74) is 4.63. The van der Waals surface area contributed by atoms with Crippen LogP contribution in [0.5, 0.6) is 0 Å². The number of thioether (sulfide) groups is 1. The Kier molecular flexibility index (Phi) is 6.36. The number of hydrogen-bond acceptors (Lipinski definition) is 5. The van der Waals surface area contributed by atoms with Gasteiger partial charge in [-0.3, -0.25) is 0 Å². The molecule has 4 nitrogen and oxygen atoms in total. The zero-order chi connectivity index (χ0) is 22.4. The van der Waals surface area contributed by atoms with Crippen molar-refractivity contribution >= 4 is 40.9 Å². The molecule has 0 radical (unpaired) electrons.